The zero-order valence-electron chi connectivity index (χ0n) is 10.1. The van der Waals surface area contributed by atoms with Crippen LogP contribution in [0.1, 0.15) is 15.9 Å². The van der Waals surface area contributed by atoms with E-state index in [2.05, 4.69) is 17.0 Å². The number of hydrogen-bond acceptors (Lipinski definition) is 2. The summed E-state index contributed by atoms with van der Waals surface area (Å²) in [7, 11) is 2.03. The van der Waals surface area contributed by atoms with Crippen LogP contribution in [0.5, 0.6) is 0 Å². The summed E-state index contributed by atoms with van der Waals surface area (Å²) in [6.07, 6.45) is 0.874. The molecule has 0 aliphatic rings. The van der Waals surface area contributed by atoms with Gasteiger partial charge >= 0.3 is 0 Å². The molecule has 0 aliphatic heterocycles. The second-order valence-corrected chi connectivity index (χ2v) is 4.06. The number of aryl methyl sites for hydroxylation is 1. The Hall–Kier alpha value is -2.09. The van der Waals surface area contributed by atoms with Gasteiger partial charge in [0.1, 0.15) is 6.29 Å². The van der Waals surface area contributed by atoms with Crippen molar-refractivity contribution in [3.63, 3.8) is 0 Å². The molecule has 0 aliphatic carbocycles. The van der Waals surface area contributed by atoms with E-state index in [4.69, 9.17) is 0 Å². The van der Waals surface area contributed by atoms with E-state index in [-0.39, 0.29) is 0 Å². The first-order valence-corrected chi connectivity index (χ1v) is 5.57. The summed E-state index contributed by atoms with van der Waals surface area (Å²) < 4.78 is 0. The van der Waals surface area contributed by atoms with Crippen molar-refractivity contribution in [2.24, 2.45) is 0 Å². The molecule has 0 spiro atoms. The average Bonchev–Trinajstić information content (AvgIpc) is 2.39. The Morgan fingerprint density at radius 2 is 1.76 bits per heavy atom. The smallest absolute Gasteiger partial charge is 0.150 e. The molecule has 2 nitrogen and oxygen atoms in total. The minimum absolute atomic E-state index is 0.715. The number of rotatable bonds is 3. The Bertz CT molecular complexity index is 520. The summed E-state index contributed by atoms with van der Waals surface area (Å²) in [5.74, 6) is 0. The van der Waals surface area contributed by atoms with E-state index in [0.717, 1.165) is 23.2 Å². The summed E-state index contributed by atoms with van der Waals surface area (Å²) >= 11 is 0. The maximum atomic E-state index is 10.7. The summed E-state index contributed by atoms with van der Waals surface area (Å²) in [6.45, 7) is 2.02. The zero-order chi connectivity index (χ0) is 12.3. The number of carbonyl (C=O) groups excluding carboxylic acids is 1. The molecular weight excluding hydrogens is 210 g/mol. The maximum Gasteiger partial charge on any atom is 0.150 e. The summed E-state index contributed by atoms with van der Waals surface area (Å²) in [5.41, 5.74) is 4.06. The molecule has 17 heavy (non-hydrogen) atoms. The monoisotopic (exact) mass is 225 g/mol. The van der Waals surface area contributed by atoms with E-state index >= 15 is 0 Å². The third-order valence-electron chi connectivity index (χ3n) is 2.86. The van der Waals surface area contributed by atoms with E-state index in [1.807, 2.05) is 50.4 Å². The zero-order valence-corrected chi connectivity index (χ0v) is 10.1. The van der Waals surface area contributed by atoms with Crippen LogP contribution in [0.15, 0.2) is 48.5 Å². The normalized spacial score (nSPS) is 10.0. The van der Waals surface area contributed by atoms with Crippen molar-refractivity contribution >= 4 is 17.7 Å². The number of carbonyl (C=O) groups is 1. The van der Waals surface area contributed by atoms with Gasteiger partial charge in [-0.3, -0.25) is 4.79 Å². The van der Waals surface area contributed by atoms with E-state index in [1.54, 1.807) is 0 Å². The highest BCUT2D eigenvalue weighted by Crippen LogP contribution is 2.26. The lowest BCUT2D eigenvalue weighted by atomic mass is 10.1. The van der Waals surface area contributed by atoms with Gasteiger partial charge in [-0.25, -0.2) is 0 Å². The number of para-hydroxylation sites is 1. The van der Waals surface area contributed by atoms with Crippen molar-refractivity contribution in [3.8, 4) is 0 Å². The van der Waals surface area contributed by atoms with Crippen molar-refractivity contribution in [3.05, 3.63) is 59.7 Å². The highest BCUT2D eigenvalue weighted by Gasteiger charge is 2.06. The molecule has 0 aromatic heterocycles. The minimum Gasteiger partial charge on any atom is -0.344 e. The predicted molar refractivity (Wildman–Crippen MR) is 71.1 cm³/mol. The topological polar surface area (TPSA) is 20.3 Å². The lowest BCUT2D eigenvalue weighted by molar-refractivity contribution is 0.112. The number of benzene rings is 2. The van der Waals surface area contributed by atoms with Crippen LogP contribution in [0.3, 0.4) is 0 Å². The third kappa shape index (κ3) is 2.36. The van der Waals surface area contributed by atoms with E-state index in [0.29, 0.717) is 5.56 Å². The van der Waals surface area contributed by atoms with Crippen LogP contribution in [0.2, 0.25) is 0 Å². The molecular formula is C15H15NO. The van der Waals surface area contributed by atoms with Crippen LogP contribution < -0.4 is 4.90 Å². The van der Waals surface area contributed by atoms with Gasteiger partial charge in [-0.2, -0.15) is 0 Å². The molecule has 0 saturated heterocycles. The number of hydrogen-bond donors (Lipinski definition) is 0. The van der Waals surface area contributed by atoms with Gasteiger partial charge in [-0.15, -0.1) is 0 Å². The fourth-order valence-electron chi connectivity index (χ4n) is 1.92. The number of anilines is 2. The second-order valence-electron chi connectivity index (χ2n) is 4.06. The predicted octanol–water partition coefficient (Wildman–Crippen LogP) is 3.58. The summed E-state index contributed by atoms with van der Waals surface area (Å²) in [5, 5.41) is 0. The van der Waals surface area contributed by atoms with Crippen molar-refractivity contribution in [1.29, 1.82) is 0 Å². The first-order chi connectivity index (χ1) is 8.22. The van der Waals surface area contributed by atoms with Gasteiger partial charge in [-0.05, 0) is 42.8 Å². The molecule has 0 heterocycles. The Kier molecular flexibility index (Phi) is 3.24. The molecule has 2 heteroatoms. The van der Waals surface area contributed by atoms with Gasteiger partial charge < -0.3 is 4.90 Å². The van der Waals surface area contributed by atoms with Gasteiger partial charge in [-0.1, -0.05) is 18.2 Å². The highest BCUT2D eigenvalue weighted by molar-refractivity contribution is 5.78. The van der Waals surface area contributed by atoms with Gasteiger partial charge in [0.2, 0.25) is 0 Å². The van der Waals surface area contributed by atoms with Gasteiger partial charge in [0, 0.05) is 24.0 Å². The molecule has 0 saturated carbocycles. The van der Waals surface area contributed by atoms with Crippen LogP contribution in [0.25, 0.3) is 0 Å². The molecule has 2 rings (SSSR count). The van der Waals surface area contributed by atoms with Crippen LogP contribution in [0.4, 0.5) is 11.4 Å². The number of aldehydes is 1. The van der Waals surface area contributed by atoms with Crippen molar-refractivity contribution in [1.82, 2.24) is 0 Å². The van der Waals surface area contributed by atoms with Gasteiger partial charge in [0.05, 0.1) is 0 Å². The Labute approximate surface area is 102 Å². The first-order valence-electron chi connectivity index (χ1n) is 5.57. The molecule has 0 unspecified atom stereocenters. The summed E-state index contributed by atoms with van der Waals surface area (Å²) in [6, 6.07) is 15.9. The van der Waals surface area contributed by atoms with E-state index < -0.39 is 0 Å². The van der Waals surface area contributed by atoms with Crippen molar-refractivity contribution in [2.45, 2.75) is 6.92 Å². The maximum absolute atomic E-state index is 10.7. The van der Waals surface area contributed by atoms with Crippen LogP contribution in [-0.2, 0) is 0 Å². The van der Waals surface area contributed by atoms with Crippen LogP contribution in [0, 0.1) is 6.92 Å². The van der Waals surface area contributed by atoms with Crippen molar-refractivity contribution in [2.75, 3.05) is 11.9 Å². The van der Waals surface area contributed by atoms with Crippen LogP contribution >= 0.6 is 0 Å². The second kappa shape index (κ2) is 4.83. The quantitative estimate of drug-likeness (QED) is 0.744. The van der Waals surface area contributed by atoms with Crippen LogP contribution in [-0.4, -0.2) is 13.3 Å². The third-order valence-corrected chi connectivity index (χ3v) is 2.86. The molecule has 0 N–H and O–H groups in total. The lowest BCUT2D eigenvalue weighted by Gasteiger charge is -2.21. The molecule has 0 fully saturated rings. The Morgan fingerprint density at radius 1 is 1.06 bits per heavy atom. The minimum atomic E-state index is 0.715. The fraction of sp³-hybridized carbons (Fsp3) is 0.133. The largest absolute Gasteiger partial charge is 0.344 e. The van der Waals surface area contributed by atoms with E-state index in [1.165, 1.54) is 0 Å². The molecule has 2 aromatic rings. The van der Waals surface area contributed by atoms with Gasteiger partial charge in [0.15, 0.2) is 0 Å². The van der Waals surface area contributed by atoms with Gasteiger partial charge in [0.25, 0.3) is 0 Å². The molecule has 86 valence electrons. The standard InChI is InChI=1S/C15H15NO/c1-12-10-13(11-17)8-9-15(12)16(2)14-6-4-3-5-7-14/h3-11H,1-2H3. The number of nitrogens with zero attached hydrogens (tertiary/aromatic N) is 1. The molecule has 0 radical (unpaired) electrons. The first kappa shape index (κ1) is 11.4. The lowest BCUT2D eigenvalue weighted by Crippen LogP contribution is -2.10. The fourth-order valence-corrected chi connectivity index (χ4v) is 1.92. The van der Waals surface area contributed by atoms with E-state index in [9.17, 15) is 4.79 Å². The SMILES string of the molecule is Cc1cc(C=O)ccc1N(C)c1ccccc1. The Balaban J connectivity index is 2.38. The highest BCUT2D eigenvalue weighted by atomic mass is 16.1. The molecule has 0 atom stereocenters. The Morgan fingerprint density at radius 3 is 2.35 bits per heavy atom. The van der Waals surface area contributed by atoms with Crippen molar-refractivity contribution < 1.29 is 4.79 Å². The average molecular weight is 225 g/mol. The molecule has 2 aromatic carbocycles. The summed E-state index contributed by atoms with van der Waals surface area (Å²) in [4.78, 5) is 12.8. The molecule has 0 amide bonds. The molecule has 0 bridgehead atoms.